The van der Waals surface area contributed by atoms with E-state index in [0.717, 1.165) is 24.3 Å². The van der Waals surface area contributed by atoms with Crippen molar-refractivity contribution in [1.29, 1.82) is 0 Å². The van der Waals surface area contributed by atoms with E-state index >= 15 is 0 Å². The van der Waals surface area contributed by atoms with Gasteiger partial charge in [-0.15, -0.1) is 0 Å². The van der Waals surface area contributed by atoms with Crippen LogP contribution in [-0.4, -0.2) is 26.1 Å². The van der Waals surface area contributed by atoms with Crippen molar-refractivity contribution in [3.8, 4) is 5.75 Å². The summed E-state index contributed by atoms with van der Waals surface area (Å²) >= 11 is 0. The first kappa shape index (κ1) is 16.5. The van der Waals surface area contributed by atoms with Gasteiger partial charge in [-0.05, 0) is 38.4 Å². The first-order chi connectivity index (χ1) is 9.58. The Balaban J connectivity index is 2.62. The van der Waals surface area contributed by atoms with E-state index in [9.17, 15) is 4.79 Å². The molecule has 0 aliphatic rings. The molecule has 1 unspecified atom stereocenters. The molecule has 112 valence electrons. The van der Waals surface area contributed by atoms with Crippen LogP contribution >= 0.6 is 0 Å². The summed E-state index contributed by atoms with van der Waals surface area (Å²) in [6.07, 6.45) is 1.23. The molecule has 1 atom stereocenters. The Kier molecular flexibility index (Phi) is 7.09. The lowest BCUT2D eigenvalue weighted by atomic mass is 10.0. The van der Waals surface area contributed by atoms with Crippen molar-refractivity contribution in [1.82, 2.24) is 10.6 Å². The van der Waals surface area contributed by atoms with Crippen LogP contribution in [0.1, 0.15) is 43.9 Å². The standard InChI is InChI=1S/C16H26N2O2/c1-5-18-13(3)14-9-8-12(2)11-15(14)20-10-6-7-16(19)17-4/h8-9,11,13,18H,5-7,10H2,1-4H3,(H,17,19). The number of ether oxygens (including phenoxy) is 1. The Morgan fingerprint density at radius 1 is 1.40 bits per heavy atom. The van der Waals surface area contributed by atoms with Gasteiger partial charge in [0.25, 0.3) is 0 Å². The Labute approximate surface area is 121 Å². The van der Waals surface area contributed by atoms with Crippen molar-refractivity contribution in [3.05, 3.63) is 29.3 Å². The van der Waals surface area contributed by atoms with Crippen LogP contribution in [0.5, 0.6) is 5.75 Å². The monoisotopic (exact) mass is 278 g/mol. The van der Waals surface area contributed by atoms with E-state index in [1.54, 1.807) is 7.05 Å². The van der Waals surface area contributed by atoms with Crippen molar-refractivity contribution in [2.45, 2.75) is 39.7 Å². The van der Waals surface area contributed by atoms with Gasteiger partial charge in [0.2, 0.25) is 5.91 Å². The molecule has 4 nitrogen and oxygen atoms in total. The predicted molar refractivity (Wildman–Crippen MR) is 82.1 cm³/mol. The van der Waals surface area contributed by atoms with Crippen molar-refractivity contribution < 1.29 is 9.53 Å². The second-order valence-electron chi connectivity index (χ2n) is 4.95. The first-order valence-corrected chi connectivity index (χ1v) is 7.25. The number of benzene rings is 1. The van der Waals surface area contributed by atoms with Crippen LogP contribution in [0.4, 0.5) is 0 Å². The van der Waals surface area contributed by atoms with Gasteiger partial charge in [0, 0.05) is 25.1 Å². The minimum Gasteiger partial charge on any atom is -0.493 e. The summed E-state index contributed by atoms with van der Waals surface area (Å²) in [7, 11) is 1.65. The Morgan fingerprint density at radius 2 is 2.15 bits per heavy atom. The molecule has 0 saturated carbocycles. The van der Waals surface area contributed by atoms with Gasteiger partial charge in [-0.3, -0.25) is 4.79 Å². The SMILES string of the molecule is CCNC(C)c1ccc(C)cc1OCCCC(=O)NC. The Bertz CT molecular complexity index is 432. The largest absolute Gasteiger partial charge is 0.493 e. The molecule has 20 heavy (non-hydrogen) atoms. The van der Waals surface area contributed by atoms with Crippen LogP contribution in [0.15, 0.2) is 18.2 Å². The lowest BCUT2D eigenvalue weighted by Crippen LogP contribution is -2.19. The third-order valence-corrected chi connectivity index (χ3v) is 3.23. The fourth-order valence-corrected chi connectivity index (χ4v) is 2.08. The first-order valence-electron chi connectivity index (χ1n) is 7.25. The molecule has 4 heteroatoms. The summed E-state index contributed by atoms with van der Waals surface area (Å²) in [5, 5.41) is 6.01. The molecule has 0 radical (unpaired) electrons. The van der Waals surface area contributed by atoms with Gasteiger partial charge in [-0.2, -0.15) is 0 Å². The molecule has 2 N–H and O–H groups in total. The maximum Gasteiger partial charge on any atom is 0.219 e. The highest BCUT2D eigenvalue weighted by Crippen LogP contribution is 2.26. The number of carbonyl (C=O) groups excluding carboxylic acids is 1. The maximum absolute atomic E-state index is 11.2. The summed E-state index contributed by atoms with van der Waals surface area (Å²) in [6, 6.07) is 6.52. The van der Waals surface area contributed by atoms with Gasteiger partial charge < -0.3 is 15.4 Å². The second kappa shape index (κ2) is 8.59. The van der Waals surface area contributed by atoms with Crippen LogP contribution in [-0.2, 0) is 4.79 Å². The molecule has 0 aromatic heterocycles. The van der Waals surface area contributed by atoms with Gasteiger partial charge >= 0.3 is 0 Å². The van der Waals surface area contributed by atoms with E-state index in [2.05, 4.69) is 49.6 Å². The lowest BCUT2D eigenvalue weighted by Gasteiger charge is -2.18. The minimum absolute atomic E-state index is 0.0547. The zero-order valence-corrected chi connectivity index (χ0v) is 13.0. The molecule has 1 rings (SSSR count). The van der Waals surface area contributed by atoms with Crippen LogP contribution < -0.4 is 15.4 Å². The molecule has 0 aliphatic carbocycles. The zero-order valence-electron chi connectivity index (χ0n) is 13.0. The van der Waals surface area contributed by atoms with Gasteiger partial charge in [-0.25, -0.2) is 0 Å². The average Bonchev–Trinajstić information content (AvgIpc) is 2.43. The van der Waals surface area contributed by atoms with Crippen LogP contribution in [0.3, 0.4) is 0 Å². The summed E-state index contributed by atoms with van der Waals surface area (Å²) in [5.41, 5.74) is 2.34. The van der Waals surface area contributed by atoms with Gasteiger partial charge in [0.1, 0.15) is 5.75 Å². The molecular formula is C16H26N2O2. The van der Waals surface area contributed by atoms with E-state index < -0.39 is 0 Å². The minimum atomic E-state index is 0.0547. The number of carbonyl (C=O) groups is 1. The third-order valence-electron chi connectivity index (χ3n) is 3.23. The highest BCUT2D eigenvalue weighted by molar-refractivity contribution is 5.75. The molecular weight excluding hydrogens is 252 g/mol. The summed E-state index contributed by atoms with van der Waals surface area (Å²) < 4.78 is 5.86. The van der Waals surface area contributed by atoms with E-state index in [0.29, 0.717) is 13.0 Å². The molecule has 0 saturated heterocycles. The fourth-order valence-electron chi connectivity index (χ4n) is 2.08. The molecule has 0 spiro atoms. The van der Waals surface area contributed by atoms with Gasteiger partial charge in [0.05, 0.1) is 6.61 Å². The summed E-state index contributed by atoms with van der Waals surface area (Å²) in [5.74, 6) is 0.967. The van der Waals surface area contributed by atoms with Crippen LogP contribution in [0, 0.1) is 6.92 Å². The van der Waals surface area contributed by atoms with E-state index in [4.69, 9.17) is 4.74 Å². The number of aryl methyl sites for hydroxylation is 1. The number of rotatable bonds is 8. The molecule has 0 heterocycles. The Morgan fingerprint density at radius 3 is 2.80 bits per heavy atom. The molecule has 1 aromatic rings. The van der Waals surface area contributed by atoms with Crippen molar-refractivity contribution >= 4 is 5.91 Å². The van der Waals surface area contributed by atoms with Crippen molar-refractivity contribution in [2.75, 3.05) is 20.2 Å². The number of hydrogen-bond acceptors (Lipinski definition) is 3. The van der Waals surface area contributed by atoms with Gasteiger partial charge in [0.15, 0.2) is 0 Å². The summed E-state index contributed by atoms with van der Waals surface area (Å²) in [4.78, 5) is 11.2. The maximum atomic E-state index is 11.2. The Hall–Kier alpha value is -1.55. The average molecular weight is 278 g/mol. The number of hydrogen-bond donors (Lipinski definition) is 2. The lowest BCUT2D eigenvalue weighted by molar-refractivity contribution is -0.120. The van der Waals surface area contributed by atoms with Crippen LogP contribution in [0.25, 0.3) is 0 Å². The second-order valence-corrected chi connectivity index (χ2v) is 4.95. The molecule has 0 fully saturated rings. The zero-order chi connectivity index (χ0) is 15.0. The number of nitrogens with one attached hydrogen (secondary N) is 2. The molecule has 0 bridgehead atoms. The normalized spacial score (nSPS) is 12.0. The van der Waals surface area contributed by atoms with E-state index in [1.807, 2.05) is 0 Å². The van der Waals surface area contributed by atoms with Crippen molar-refractivity contribution in [3.63, 3.8) is 0 Å². The topological polar surface area (TPSA) is 50.4 Å². The smallest absolute Gasteiger partial charge is 0.219 e. The quantitative estimate of drug-likeness (QED) is 0.719. The third kappa shape index (κ3) is 5.21. The van der Waals surface area contributed by atoms with Gasteiger partial charge in [-0.1, -0.05) is 19.1 Å². The molecule has 1 amide bonds. The summed E-state index contributed by atoms with van der Waals surface area (Å²) in [6.45, 7) is 7.76. The number of amides is 1. The predicted octanol–water partition coefficient (Wildman–Crippen LogP) is 2.57. The highest BCUT2D eigenvalue weighted by atomic mass is 16.5. The van der Waals surface area contributed by atoms with Crippen LogP contribution in [0.2, 0.25) is 0 Å². The molecule has 1 aromatic carbocycles. The van der Waals surface area contributed by atoms with Crippen molar-refractivity contribution in [2.24, 2.45) is 0 Å². The van der Waals surface area contributed by atoms with E-state index in [1.165, 1.54) is 5.56 Å². The van der Waals surface area contributed by atoms with E-state index in [-0.39, 0.29) is 11.9 Å². The fraction of sp³-hybridized carbons (Fsp3) is 0.562. The molecule has 0 aliphatic heterocycles. The highest BCUT2D eigenvalue weighted by Gasteiger charge is 2.11.